The molecule has 1 N–H and O–H groups in total. The number of benzene rings is 2. The summed E-state index contributed by atoms with van der Waals surface area (Å²) in [5.74, 6) is -0.0365. The molecule has 4 rings (SSSR count). The minimum Gasteiger partial charge on any atom is -0.364 e. The fraction of sp³-hybridized carbons (Fsp3) is 0.188. The topological polar surface area (TPSA) is 40.3 Å². The van der Waals surface area contributed by atoms with Crippen molar-refractivity contribution in [2.75, 3.05) is 4.90 Å². The number of anilines is 1. The van der Waals surface area contributed by atoms with Crippen LogP contribution in [0.1, 0.15) is 22.8 Å². The Kier molecular flexibility index (Phi) is 2.05. The minimum atomic E-state index is -1.24. The maximum Gasteiger partial charge on any atom is 0.197 e. The standard InChI is InChI=1S/C16H12ClNO2/c1-15-14(19)12-4-2-3-5-13(12)16(15,20)18(15)11-8-6-10(17)7-9-11/h2-9,20H,1H3. The van der Waals surface area contributed by atoms with Crippen molar-refractivity contribution in [1.29, 1.82) is 0 Å². The molecule has 100 valence electrons. The normalized spacial score (nSPS) is 30.1. The van der Waals surface area contributed by atoms with Crippen LogP contribution in [0.4, 0.5) is 5.69 Å². The summed E-state index contributed by atoms with van der Waals surface area (Å²) >= 11 is 5.89. The van der Waals surface area contributed by atoms with Gasteiger partial charge in [0.25, 0.3) is 0 Å². The van der Waals surface area contributed by atoms with Gasteiger partial charge in [0, 0.05) is 21.8 Å². The maximum atomic E-state index is 12.6. The lowest BCUT2D eigenvalue weighted by Crippen LogP contribution is -2.24. The second-order valence-corrected chi connectivity index (χ2v) is 5.87. The molecular formula is C16H12ClNO2. The van der Waals surface area contributed by atoms with Crippen molar-refractivity contribution in [2.24, 2.45) is 0 Å². The average Bonchev–Trinajstić information content (AvgIpc) is 2.92. The van der Waals surface area contributed by atoms with Crippen LogP contribution in [0.5, 0.6) is 0 Å². The fourth-order valence-electron chi connectivity index (χ4n) is 3.38. The molecule has 3 nitrogen and oxygen atoms in total. The summed E-state index contributed by atoms with van der Waals surface area (Å²) in [6, 6.07) is 14.4. The predicted molar refractivity (Wildman–Crippen MR) is 77.0 cm³/mol. The second kappa shape index (κ2) is 3.43. The van der Waals surface area contributed by atoms with Gasteiger partial charge in [-0.05, 0) is 31.2 Å². The molecule has 0 radical (unpaired) electrons. The Morgan fingerprint density at radius 2 is 1.75 bits per heavy atom. The second-order valence-electron chi connectivity index (χ2n) is 5.43. The molecule has 2 aliphatic rings. The molecule has 4 heteroatoms. The number of hydrogen-bond donors (Lipinski definition) is 1. The Hall–Kier alpha value is -1.84. The zero-order chi connectivity index (χ0) is 14.1. The molecule has 0 amide bonds. The highest BCUT2D eigenvalue weighted by molar-refractivity contribution is 6.30. The summed E-state index contributed by atoms with van der Waals surface area (Å²) in [7, 11) is 0. The molecule has 1 aliphatic heterocycles. The van der Waals surface area contributed by atoms with E-state index in [1.165, 1.54) is 0 Å². The average molecular weight is 286 g/mol. The zero-order valence-electron chi connectivity index (χ0n) is 10.8. The summed E-state index contributed by atoms with van der Waals surface area (Å²) in [5, 5.41) is 11.6. The molecule has 1 fully saturated rings. The van der Waals surface area contributed by atoms with Crippen LogP contribution in [-0.4, -0.2) is 16.4 Å². The SMILES string of the molecule is CC12C(=O)c3ccccc3C1(O)N2c1ccc(Cl)cc1. The maximum absolute atomic E-state index is 12.6. The van der Waals surface area contributed by atoms with Gasteiger partial charge < -0.3 is 10.0 Å². The molecule has 1 saturated heterocycles. The zero-order valence-corrected chi connectivity index (χ0v) is 11.6. The summed E-state index contributed by atoms with van der Waals surface area (Å²) in [6.45, 7) is 1.78. The van der Waals surface area contributed by atoms with E-state index in [0.717, 1.165) is 5.69 Å². The number of hydrogen-bond acceptors (Lipinski definition) is 3. The highest BCUT2D eigenvalue weighted by atomic mass is 35.5. The van der Waals surface area contributed by atoms with Crippen LogP contribution in [0.15, 0.2) is 48.5 Å². The number of carbonyl (C=O) groups is 1. The van der Waals surface area contributed by atoms with Gasteiger partial charge in [0.2, 0.25) is 0 Å². The van der Waals surface area contributed by atoms with Crippen molar-refractivity contribution in [3.05, 3.63) is 64.7 Å². The summed E-state index contributed by atoms with van der Waals surface area (Å²) in [4.78, 5) is 14.3. The van der Waals surface area contributed by atoms with Crippen LogP contribution in [-0.2, 0) is 5.72 Å². The number of fused-ring (bicyclic) bond motifs is 3. The van der Waals surface area contributed by atoms with Gasteiger partial charge >= 0.3 is 0 Å². The van der Waals surface area contributed by atoms with Crippen molar-refractivity contribution < 1.29 is 9.90 Å². The number of ketones is 1. The molecule has 0 bridgehead atoms. The van der Waals surface area contributed by atoms with E-state index in [-0.39, 0.29) is 5.78 Å². The van der Waals surface area contributed by atoms with Gasteiger partial charge in [-0.1, -0.05) is 35.9 Å². The number of halogens is 1. The fourth-order valence-corrected chi connectivity index (χ4v) is 3.51. The van der Waals surface area contributed by atoms with E-state index in [2.05, 4.69) is 0 Å². The number of rotatable bonds is 1. The molecule has 2 unspecified atom stereocenters. The van der Waals surface area contributed by atoms with Crippen LogP contribution in [0.3, 0.4) is 0 Å². The van der Waals surface area contributed by atoms with E-state index in [9.17, 15) is 9.90 Å². The van der Waals surface area contributed by atoms with Gasteiger partial charge in [0.15, 0.2) is 17.0 Å². The Balaban J connectivity index is 1.89. The highest BCUT2D eigenvalue weighted by Gasteiger charge is 2.81. The quantitative estimate of drug-likeness (QED) is 0.819. The number of Topliss-reactive ketones (excluding diaryl/α,β-unsaturated/α-hetero) is 1. The van der Waals surface area contributed by atoms with E-state index in [1.54, 1.807) is 30.0 Å². The van der Waals surface area contributed by atoms with Crippen molar-refractivity contribution >= 4 is 23.1 Å². The molecular weight excluding hydrogens is 274 g/mol. The molecule has 2 atom stereocenters. The smallest absolute Gasteiger partial charge is 0.197 e. The molecule has 2 aromatic carbocycles. The van der Waals surface area contributed by atoms with Crippen LogP contribution >= 0.6 is 11.6 Å². The summed E-state index contributed by atoms with van der Waals surface area (Å²) < 4.78 is 0. The Labute approximate surface area is 121 Å². The van der Waals surface area contributed by atoms with Gasteiger partial charge in [-0.3, -0.25) is 4.79 Å². The minimum absolute atomic E-state index is 0.0365. The first-order chi connectivity index (χ1) is 9.51. The van der Waals surface area contributed by atoms with Crippen molar-refractivity contribution in [2.45, 2.75) is 18.2 Å². The number of carbonyl (C=O) groups excluding carboxylic acids is 1. The first-order valence-electron chi connectivity index (χ1n) is 6.44. The van der Waals surface area contributed by atoms with E-state index in [4.69, 9.17) is 11.6 Å². The van der Waals surface area contributed by atoms with Crippen LogP contribution < -0.4 is 4.90 Å². The Morgan fingerprint density at radius 3 is 2.45 bits per heavy atom. The lowest BCUT2D eigenvalue weighted by Gasteiger charge is -2.16. The Bertz CT molecular complexity index is 742. The van der Waals surface area contributed by atoms with Crippen molar-refractivity contribution in [3.8, 4) is 0 Å². The van der Waals surface area contributed by atoms with Crippen LogP contribution in [0.2, 0.25) is 5.02 Å². The van der Waals surface area contributed by atoms with Gasteiger partial charge in [-0.2, -0.15) is 0 Å². The molecule has 1 aliphatic carbocycles. The third kappa shape index (κ3) is 1.10. The van der Waals surface area contributed by atoms with Crippen LogP contribution in [0.25, 0.3) is 0 Å². The largest absolute Gasteiger partial charge is 0.364 e. The number of aliphatic hydroxyl groups is 1. The third-order valence-electron chi connectivity index (χ3n) is 4.47. The van der Waals surface area contributed by atoms with Gasteiger partial charge in [0.1, 0.15) is 0 Å². The lowest BCUT2D eigenvalue weighted by molar-refractivity contribution is 0.0884. The molecule has 2 aromatic rings. The number of nitrogens with zero attached hydrogens (tertiary/aromatic N) is 1. The summed E-state index contributed by atoms with van der Waals surface area (Å²) in [5.41, 5.74) is -0.0635. The van der Waals surface area contributed by atoms with Crippen molar-refractivity contribution in [3.63, 3.8) is 0 Å². The molecule has 1 heterocycles. The van der Waals surface area contributed by atoms with Gasteiger partial charge in [-0.25, -0.2) is 0 Å². The van der Waals surface area contributed by atoms with E-state index >= 15 is 0 Å². The molecule has 20 heavy (non-hydrogen) atoms. The Morgan fingerprint density at radius 1 is 1.10 bits per heavy atom. The molecule has 0 spiro atoms. The van der Waals surface area contributed by atoms with E-state index < -0.39 is 11.3 Å². The third-order valence-corrected chi connectivity index (χ3v) is 4.73. The van der Waals surface area contributed by atoms with Gasteiger partial charge in [-0.15, -0.1) is 0 Å². The molecule has 0 saturated carbocycles. The monoisotopic (exact) mass is 285 g/mol. The highest BCUT2D eigenvalue weighted by Crippen LogP contribution is 2.65. The molecule has 0 aromatic heterocycles. The van der Waals surface area contributed by atoms with E-state index in [0.29, 0.717) is 16.1 Å². The van der Waals surface area contributed by atoms with E-state index in [1.807, 2.05) is 30.3 Å². The van der Waals surface area contributed by atoms with Crippen LogP contribution in [0, 0.1) is 0 Å². The lowest BCUT2D eigenvalue weighted by atomic mass is 10.0. The predicted octanol–water partition coefficient (Wildman–Crippen LogP) is 2.96. The summed E-state index contributed by atoms with van der Waals surface area (Å²) in [6.07, 6.45) is 0. The van der Waals surface area contributed by atoms with Gasteiger partial charge in [0.05, 0.1) is 0 Å². The van der Waals surface area contributed by atoms with Crippen molar-refractivity contribution in [1.82, 2.24) is 0 Å². The first kappa shape index (κ1) is 11.9. The first-order valence-corrected chi connectivity index (χ1v) is 6.81.